The number of anilines is 6. The van der Waals surface area contributed by atoms with Crippen molar-refractivity contribution in [2.45, 2.75) is 38.5 Å². The van der Waals surface area contributed by atoms with Crippen molar-refractivity contribution >= 4 is 46.3 Å². The van der Waals surface area contributed by atoms with Crippen molar-refractivity contribution in [2.75, 3.05) is 9.80 Å². The monoisotopic (exact) mass is 822 g/mol. The first kappa shape index (κ1) is 39.2. The molecule has 9 aromatic rings. The maximum absolute atomic E-state index is 2.44. The zero-order valence-electron chi connectivity index (χ0n) is 36.8. The van der Waals surface area contributed by atoms with Crippen molar-refractivity contribution in [3.8, 4) is 33.4 Å². The number of hydrogen-bond acceptors (Lipinski definition) is 2. The van der Waals surface area contributed by atoms with Gasteiger partial charge >= 0.3 is 0 Å². The quantitative estimate of drug-likeness (QED) is 0.134. The van der Waals surface area contributed by atoms with Gasteiger partial charge < -0.3 is 9.80 Å². The highest BCUT2D eigenvalue weighted by atomic mass is 15.1. The van der Waals surface area contributed by atoms with Crippen LogP contribution in [0.3, 0.4) is 0 Å². The normalized spacial score (nSPS) is 13.8. The van der Waals surface area contributed by atoms with Gasteiger partial charge in [-0.05, 0) is 140 Å². The summed E-state index contributed by atoms with van der Waals surface area (Å²) in [6.07, 6.45) is 4.42. The van der Waals surface area contributed by atoms with Crippen LogP contribution >= 0.6 is 0 Å². The van der Waals surface area contributed by atoms with E-state index in [1.165, 1.54) is 55.6 Å². The van der Waals surface area contributed by atoms with Gasteiger partial charge in [0.2, 0.25) is 0 Å². The second kappa shape index (κ2) is 15.6. The summed E-state index contributed by atoms with van der Waals surface area (Å²) in [6, 6.07) is 79.7. The first-order chi connectivity index (χ1) is 31.2. The molecular weight excluding hydrogens is 773 g/mol. The molecule has 0 heterocycles. The predicted molar refractivity (Wildman–Crippen MR) is 272 cm³/mol. The standard InChI is InChI=1S/C62H50N2/c1-61(2)57-21-13-11-19-53(57)55-39-37-51(41-59(55)61)64(52-38-40-56-54-20-12-14-22-58(54)62(3,4)60(56)42-52)49-33-27-44(28-34-49)24-23-43-25-29-45(30-26-43)46-31-35-50(36-32-46)63(47-15-7-5-8-16-47)48-17-9-6-10-18-48/h5-42H,1-4H3/b24-23+. The first-order valence-corrected chi connectivity index (χ1v) is 22.4. The fourth-order valence-corrected chi connectivity index (χ4v) is 10.2. The molecule has 0 fully saturated rings. The molecule has 0 N–H and O–H groups in total. The maximum atomic E-state index is 2.44. The summed E-state index contributed by atoms with van der Waals surface area (Å²) in [7, 11) is 0. The number of para-hydroxylation sites is 2. The fraction of sp³-hybridized carbons (Fsp3) is 0.0968. The number of fused-ring (bicyclic) bond motifs is 6. The van der Waals surface area contributed by atoms with Gasteiger partial charge in [0, 0.05) is 45.0 Å². The van der Waals surface area contributed by atoms with Crippen LogP contribution in [0.5, 0.6) is 0 Å². The molecule has 0 saturated heterocycles. The van der Waals surface area contributed by atoms with Gasteiger partial charge in [-0.3, -0.25) is 0 Å². The van der Waals surface area contributed by atoms with Crippen LogP contribution < -0.4 is 9.80 Å². The molecule has 2 heteroatoms. The minimum atomic E-state index is -0.0975. The largest absolute Gasteiger partial charge is 0.311 e. The summed E-state index contributed by atoms with van der Waals surface area (Å²) in [6.45, 7) is 9.44. The van der Waals surface area contributed by atoms with Gasteiger partial charge in [-0.15, -0.1) is 0 Å². The smallest absolute Gasteiger partial charge is 0.0465 e. The molecule has 0 atom stereocenters. The van der Waals surface area contributed by atoms with Gasteiger partial charge in [0.15, 0.2) is 0 Å². The van der Waals surface area contributed by atoms with Crippen LogP contribution in [0.1, 0.15) is 61.1 Å². The lowest BCUT2D eigenvalue weighted by Gasteiger charge is -2.29. The van der Waals surface area contributed by atoms with Gasteiger partial charge in [-0.25, -0.2) is 0 Å². The highest BCUT2D eigenvalue weighted by Crippen LogP contribution is 2.53. The molecule has 2 aliphatic rings. The van der Waals surface area contributed by atoms with E-state index >= 15 is 0 Å². The lowest BCUT2D eigenvalue weighted by atomic mass is 9.82. The highest BCUT2D eigenvalue weighted by molar-refractivity contribution is 5.89. The van der Waals surface area contributed by atoms with Crippen molar-refractivity contribution in [2.24, 2.45) is 0 Å². The van der Waals surface area contributed by atoms with E-state index in [2.05, 4.69) is 268 Å². The molecule has 0 saturated carbocycles. The van der Waals surface area contributed by atoms with E-state index in [9.17, 15) is 0 Å². The molecule has 0 aliphatic heterocycles. The molecule has 0 amide bonds. The molecule has 0 bridgehead atoms. The van der Waals surface area contributed by atoms with E-state index in [4.69, 9.17) is 0 Å². The molecular formula is C62H50N2. The molecule has 0 radical (unpaired) electrons. The maximum Gasteiger partial charge on any atom is 0.0465 e. The third kappa shape index (κ3) is 6.74. The summed E-state index contributed by atoms with van der Waals surface area (Å²) in [5.74, 6) is 0. The minimum Gasteiger partial charge on any atom is -0.311 e. The minimum absolute atomic E-state index is 0.0975. The Kier molecular flexibility index (Phi) is 9.55. The van der Waals surface area contributed by atoms with Gasteiger partial charge in [0.1, 0.15) is 0 Å². The lowest BCUT2D eigenvalue weighted by Crippen LogP contribution is -2.18. The Morgan fingerprint density at radius 1 is 0.281 bits per heavy atom. The van der Waals surface area contributed by atoms with E-state index in [1.807, 2.05) is 0 Å². The Morgan fingerprint density at radius 2 is 0.594 bits per heavy atom. The second-order valence-corrected chi connectivity index (χ2v) is 18.2. The third-order valence-electron chi connectivity index (χ3n) is 13.7. The summed E-state index contributed by atoms with van der Waals surface area (Å²) in [5.41, 5.74) is 22.2. The summed E-state index contributed by atoms with van der Waals surface area (Å²) in [5, 5.41) is 0. The Hall–Kier alpha value is -7.68. The number of hydrogen-bond donors (Lipinski definition) is 0. The van der Waals surface area contributed by atoms with Crippen molar-refractivity contribution in [3.63, 3.8) is 0 Å². The third-order valence-corrected chi connectivity index (χ3v) is 13.7. The molecule has 308 valence electrons. The predicted octanol–water partition coefficient (Wildman–Crippen LogP) is 17.1. The van der Waals surface area contributed by atoms with Crippen LogP contribution in [0.15, 0.2) is 218 Å². The van der Waals surface area contributed by atoms with Crippen molar-refractivity contribution in [3.05, 3.63) is 252 Å². The van der Waals surface area contributed by atoms with Crippen molar-refractivity contribution in [1.29, 1.82) is 0 Å². The molecule has 9 aromatic carbocycles. The van der Waals surface area contributed by atoms with E-state index in [-0.39, 0.29) is 10.8 Å². The van der Waals surface area contributed by atoms with E-state index in [1.54, 1.807) is 0 Å². The molecule has 2 aliphatic carbocycles. The summed E-state index contributed by atoms with van der Waals surface area (Å²) < 4.78 is 0. The Labute approximate surface area is 378 Å². The molecule has 64 heavy (non-hydrogen) atoms. The van der Waals surface area contributed by atoms with Gasteiger partial charge in [0.25, 0.3) is 0 Å². The number of rotatable bonds is 9. The van der Waals surface area contributed by atoms with Crippen LogP contribution in [-0.2, 0) is 10.8 Å². The Bertz CT molecular complexity index is 3030. The van der Waals surface area contributed by atoms with Crippen LogP contribution in [0.2, 0.25) is 0 Å². The molecule has 11 rings (SSSR count). The summed E-state index contributed by atoms with van der Waals surface area (Å²) in [4.78, 5) is 4.74. The summed E-state index contributed by atoms with van der Waals surface area (Å²) >= 11 is 0. The second-order valence-electron chi connectivity index (χ2n) is 18.2. The van der Waals surface area contributed by atoms with Crippen LogP contribution in [0.25, 0.3) is 45.5 Å². The van der Waals surface area contributed by atoms with Crippen LogP contribution in [-0.4, -0.2) is 0 Å². The average Bonchev–Trinajstić information content (AvgIpc) is 3.71. The molecule has 0 unspecified atom stereocenters. The van der Waals surface area contributed by atoms with Crippen LogP contribution in [0, 0.1) is 0 Å². The van der Waals surface area contributed by atoms with Gasteiger partial charge in [-0.1, -0.05) is 185 Å². The van der Waals surface area contributed by atoms with Gasteiger partial charge in [-0.2, -0.15) is 0 Å². The first-order valence-electron chi connectivity index (χ1n) is 22.4. The van der Waals surface area contributed by atoms with E-state index in [0.29, 0.717) is 0 Å². The molecule has 2 nitrogen and oxygen atoms in total. The Morgan fingerprint density at radius 3 is 1.05 bits per heavy atom. The average molecular weight is 823 g/mol. The van der Waals surface area contributed by atoms with Crippen molar-refractivity contribution < 1.29 is 0 Å². The molecule has 0 spiro atoms. The Balaban J connectivity index is 0.874. The fourth-order valence-electron chi connectivity index (χ4n) is 10.2. The zero-order chi connectivity index (χ0) is 43.4. The SMILES string of the molecule is CC1(C)c2ccccc2-c2ccc(N(c3ccc(/C=C/c4ccc(-c5ccc(N(c6ccccc6)c6ccccc6)cc5)cc4)cc3)c3ccc4c(c3)C(C)(C)c3ccccc3-4)cc21. The zero-order valence-corrected chi connectivity index (χ0v) is 36.8. The van der Waals surface area contributed by atoms with E-state index in [0.717, 1.165) is 45.3 Å². The van der Waals surface area contributed by atoms with Crippen LogP contribution in [0.4, 0.5) is 34.1 Å². The number of benzene rings is 9. The van der Waals surface area contributed by atoms with Crippen molar-refractivity contribution in [1.82, 2.24) is 0 Å². The lowest BCUT2D eigenvalue weighted by molar-refractivity contribution is 0.660. The van der Waals surface area contributed by atoms with Gasteiger partial charge in [0.05, 0.1) is 0 Å². The number of nitrogens with zero attached hydrogens (tertiary/aromatic N) is 2. The molecule has 0 aromatic heterocycles. The highest BCUT2D eigenvalue weighted by Gasteiger charge is 2.37. The van der Waals surface area contributed by atoms with E-state index < -0.39 is 0 Å². The topological polar surface area (TPSA) is 6.48 Å².